The summed E-state index contributed by atoms with van der Waals surface area (Å²) in [6.07, 6.45) is 0.627. The van der Waals surface area contributed by atoms with Gasteiger partial charge in [0.05, 0.1) is 30.8 Å². The highest BCUT2D eigenvalue weighted by molar-refractivity contribution is 5.91. The summed E-state index contributed by atoms with van der Waals surface area (Å²) in [4.78, 5) is 40.0. The zero-order chi connectivity index (χ0) is 30.6. The van der Waals surface area contributed by atoms with Gasteiger partial charge in [0.2, 0.25) is 0 Å². The SMILES string of the molecule is CCC1OC(=O)CC(O)C(C)C(O[C@@H]2O[C@H](C)C[C@H](N(C)C)[C@H]2O)C(CC=O)CC(C)C(=O)/C=C/C2(C)OC2C1C. The number of allylic oxidation sites excluding steroid dienone is 1. The molecule has 0 aliphatic carbocycles. The van der Waals surface area contributed by atoms with Crippen molar-refractivity contribution in [1.29, 1.82) is 0 Å². The number of aliphatic hydroxyl groups is 2. The molecule has 9 unspecified atom stereocenters. The van der Waals surface area contributed by atoms with Gasteiger partial charge in [-0.15, -0.1) is 0 Å². The number of rotatable bonds is 6. The lowest BCUT2D eigenvalue weighted by Crippen LogP contribution is -2.56. The van der Waals surface area contributed by atoms with E-state index in [1.165, 1.54) is 0 Å². The number of ketones is 1. The van der Waals surface area contributed by atoms with Gasteiger partial charge in [0.15, 0.2) is 12.1 Å². The van der Waals surface area contributed by atoms with Gasteiger partial charge in [-0.3, -0.25) is 9.59 Å². The van der Waals surface area contributed by atoms with Crippen molar-refractivity contribution < 1.29 is 43.5 Å². The van der Waals surface area contributed by atoms with Crippen LogP contribution in [0.3, 0.4) is 0 Å². The fourth-order valence-electron chi connectivity index (χ4n) is 6.50. The number of hydrogen-bond donors (Lipinski definition) is 2. The molecule has 2 fully saturated rings. The molecule has 3 aliphatic heterocycles. The number of epoxide rings is 1. The molecule has 0 aromatic carbocycles. The number of nitrogens with zero attached hydrogens (tertiary/aromatic N) is 1. The minimum Gasteiger partial charge on any atom is -0.462 e. The zero-order valence-corrected chi connectivity index (χ0v) is 25.9. The molecule has 0 bridgehead atoms. The Bertz CT molecular complexity index is 941. The maximum atomic E-state index is 13.2. The number of ether oxygens (including phenoxy) is 4. The van der Waals surface area contributed by atoms with Crippen LogP contribution in [0.25, 0.3) is 0 Å². The number of likely N-dealkylation sites (N-methyl/N-ethyl adjacent to an activating group) is 1. The molecule has 2 saturated heterocycles. The van der Waals surface area contributed by atoms with Crippen LogP contribution in [0.1, 0.15) is 73.6 Å². The lowest BCUT2D eigenvalue weighted by molar-refractivity contribution is -0.283. The molecule has 0 radical (unpaired) electrons. The summed E-state index contributed by atoms with van der Waals surface area (Å²) in [6, 6.07) is -0.219. The monoisotopic (exact) mass is 581 g/mol. The van der Waals surface area contributed by atoms with E-state index in [-0.39, 0.29) is 42.8 Å². The molecular formula is C31H51NO9. The topological polar surface area (TPSA) is 135 Å². The third kappa shape index (κ3) is 8.24. The van der Waals surface area contributed by atoms with Gasteiger partial charge in [0.1, 0.15) is 24.1 Å². The quantitative estimate of drug-likeness (QED) is 0.274. The zero-order valence-electron chi connectivity index (χ0n) is 25.9. The number of aldehydes is 1. The van der Waals surface area contributed by atoms with Gasteiger partial charge in [0, 0.05) is 30.2 Å². The summed E-state index contributed by atoms with van der Waals surface area (Å²) in [7, 11) is 3.76. The van der Waals surface area contributed by atoms with Crippen LogP contribution in [0.2, 0.25) is 0 Å². The lowest BCUT2D eigenvalue weighted by atomic mass is 9.79. The first kappa shape index (κ1) is 33.8. The number of hydrogen-bond acceptors (Lipinski definition) is 10. The number of carbonyl (C=O) groups is 3. The Morgan fingerprint density at radius 3 is 2.41 bits per heavy atom. The van der Waals surface area contributed by atoms with Crippen LogP contribution >= 0.6 is 0 Å². The Hall–Kier alpha value is -1.69. The molecule has 0 aromatic heterocycles. The average Bonchev–Trinajstić information content (AvgIpc) is 3.60. The maximum Gasteiger partial charge on any atom is 0.308 e. The van der Waals surface area contributed by atoms with E-state index < -0.39 is 60.0 Å². The van der Waals surface area contributed by atoms with Crippen molar-refractivity contribution in [2.75, 3.05) is 14.1 Å². The summed E-state index contributed by atoms with van der Waals surface area (Å²) >= 11 is 0. The molecule has 0 amide bonds. The second-order valence-electron chi connectivity index (χ2n) is 12.9. The predicted octanol–water partition coefficient (Wildman–Crippen LogP) is 2.67. The molecule has 0 aromatic rings. The highest BCUT2D eigenvalue weighted by Crippen LogP contribution is 2.45. The Morgan fingerprint density at radius 1 is 1.12 bits per heavy atom. The fourth-order valence-corrected chi connectivity index (χ4v) is 6.50. The number of carbonyl (C=O) groups excluding carboxylic acids is 3. The van der Waals surface area contributed by atoms with E-state index in [4.69, 9.17) is 18.9 Å². The second kappa shape index (κ2) is 14.2. The second-order valence-corrected chi connectivity index (χ2v) is 12.9. The largest absolute Gasteiger partial charge is 0.462 e. The average molecular weight is 582 g/mol. The summed E-state index contributed by atoms with van der Waals surface area (Å²) in [6.45, 7) is 11.3. The highest BCUT2D eigenvalue weighted by Gasteiger charge is 2.55. The normalized spacial score (nSPS) is 45.5. The van der Waals surface area contributed by atoms with Crippen molar-refractivity contribution >= 4 is 18.0 Å². The maximum absolute atomic E-state index is 13.2. The molecule has 3 heterocycles. The van der Waals surface area contributed by atoms with Crippen LogP contribution in [0.5, 0.6) is 0 Å². The molecule has 234 valence electrons. The van der Waals surface area contributed by atoms with Crippen molar-refractivity contribution in [2.24, 2.45) is 23.7 Å². The Morgan fingerprint density at radius 2 is 1.80 bits per heavy atom. The molecule has 13 atom stereocenters. The Labute approximate surface area is 244 Å². The lowest BCUT2D eigenvalue weighted by Gasteiger charge is -2.44. The molecule has 0 saturated carbocycles. The van der Waals surface area contributed by atoms with Gasteiger partial charge < -0.3 is 38.9 Å². The van der Waals surface area contributed by atoms with E-state index in [0.29, 0.717) is 19.3 Å². The van der Waals surface area contributed by atoms with Gasteiger partial charge in [-0.1, -0.05) is 27.7 Å². The molecule has 10 heteroatoms. The highest BCUT2D eigenvalue weighted by atomic mass is 16.7. The first-order valence-electron chi connectivity index (χ1n) is 15.1. The van der Waals surface area contributed by atoms with E-state index >= 15 is 0 Å². The molecule has 3 aliphatic rings. The van der Waals surface area contributed by atoms with E-state index in [1.54, 1.807) is 19.1 Å². The van der Waals surface area contributed by atoms with Crippen LogP contribution in [0.15, 0.2) is 12.2 Å². The molecule has 10 nitrogen and oxygen atoms in total. The van der Waals surface area contributed by atoms with Gasteiger partial charge in [-0.25, -0.2) is 0 Å². The van der Waals surface area contributed by atoms with Gasteiger partial charge in [-0.2, -0.15) is 0 Å². The van der Waals surface area contributed by atoms with Crippen LogP contribution < -0.4 is 0 Å². The van der Waals surface area contributed by atoms with Gasteiger partial charge >= 0.3 is 5.97 Å². The van der Waals surface area contributed by atoms with Crippen LogP contribution in [-0.2, 0) is 33.3 Å². The van der Waals surface area contributed by atoms with E-state index in [2.05, 4.69) is 0 Å². The first-order chi connectivity index (χ1) is 19.2. The Balaban J connectivity index is 1.95. The number of cyclic esters (lactones) is 1. The smallest absolute Gasteiger partial charge is 0.308 e. The molecule has 41 heavy (non-hydrogen) atoms. The minimum absolute atomic E-state index is 0.0707. The molecular weight excluding hydrogens is 530 g/mol. The fraction of sp³-hybridized carbons (Fsp3) is 0.839. The van der Waals surface area contributed by atoms with E-state index in [1.807, 2.05) is 53.6 Å². The molecule has 2 N–H and O–H groups in total. The number of esters is 1. The van der Waals surface area contributed by atoms with E-state index in [0.717, 1.165) is 6.29 Å². The van der Waals surface area contributed by atoms with Gasteiger partial charge in [0.25, 0.3) is 0 Å². The summed E-state index contributed by atoms with van der Waals surface area (Å²) in [5.41, 5.74) is -0.637. The third-order valence-corrected chi connectivity index (χ3v) is 9.29. The van der Waals surface area contributed by atoms with Gasteiger partial charge in [-0.05, 0) is 65.3 Å². The first-order valence-corrected chi connectivity index (χ1v) is 15.1. The van der Waals surface area contributed by atoms with Crippen LogP contribution in [0.4, 0.5) is 0 Å². The van der Waals surface area contributed by atoms with E-state index in [9.17, 15) is 24.6 Å². The number of fused-ring (bicyclic) bond motifs is 1. The van der Waals surface area contributed by atoms with Crippen LogP contribution in [0, 0.1) is 23.7 Å². The molecule has 3 rings (SSSR count). The van der Waals surface area contributed by atoms with Crippen molar-refractivity contribution in [3.8, 4) is 0 Å². The van der Waals surface area contributed by atoms with Crippen molar-refractivity contribution in [3.63, 3.8) is 0 Å². The standard InChI is InChI=1S/C31H51NO9/c1-9-25-20(5)29-31(6,41-29)12-10-23(34)17(2)14-21(11-13-33)28(19(4)24(35)16-26(36)39-25)40-30-27(37)22(32(7)8)15-18(3)38-30/h10,12-13,17-22,24-25,27-30,35,37H,9,11,14-16H2,1-8H3/b12-10+/t17?,18-,19?,20?,21?,22+,24?,25?,27-,28?,29?,30+,31?/m1/s1. The third-order valence-electron chi connectivity index (χ3n) is 9.29. The van der Waals surface area contributed by atoms with Crippen molar-refractivity contribution in [1.82, 2.24) is 4.90 Å². The summed E-state index contributed by atoms with van der Waals surface area (Å²) in [5, 5.41) is 22.4. The Kier molecular flexibility index (Phi) is 11.7. The van der Waals surface area contributed by atoms with Crippen LogP contribution in [-0.4, -0.2) is 102 Å². The summed E-state index contributed by atoms with van der Waals surface area (Å²) in [5.74, 6) is -2.32. The number of aliphatic hydroxyl groups excluding tert-OH is 2. The van der Waals surface area contributed by atoms with Crippen molar-refractivity contribution in [2.45, 2.75) is 128 Å². The van der Waals surface area contributed by atoms with Crippen molar-refractivity contribution in [3.05, 3.63) is 12.2 Å². The minimum atomic E-state index is -1.15. The molecule has 0 spiro atoms. The predicted molar refractivity (Wildman–Crippen MR) is 152 cm³/mol. The summed E-state index contributed by atoms with van der Waals surface area (Å²) < 4.78 is 24.2.